The molecule has 0 aliphatic carbocycles. The van der Waals surface area contributed by atoms with E-state index in [1.54, 1.807) is 0 Å². The molecule has 0 nitrogen and oxygen atoms in total. The molecule has 0 saturated heterocycles. The zero-order valence-corrected chi connectivity index (χ0v) is 24.9. The Labute approximate surface area is 225 Å². The summed E-state index contributed by atoms with van der Waals surface area (Å²) in [5.74, 6) is 0. The second-order valence-electron chi connectivity index (χ2n) is 1.05. The van der Waals surface area contributed by atoms with Crippen molar-refractivity contribution in [1.29, 1.82) is 0 Å². The van der Waals surface area contributed by atoms with Crippen molar-refractivity contribution in [3.05, 3.63) is 0 Å². The molecule has 48 valence electrons. The Kier molecular flexibility index (Phi) is 130. The normalized spacial score (nSPS) is 4.20. The molecule has 0 amide bonds. The van der Waals surface area contributed by atoms with E-state index >= 15 is 0 Å². The van der Waals surface area contributed by atoms with Crippen molar-refractivity contribution in [3.8, 4) is 0 Å². The van der Waals surface area contributed by atoms with Gasteiger partial charge in [-0.2, -0.15) is 5.25 Å². The molecule has 0 fully saturated rings. The summed E-state index contributed by atoms with van der Waals surface area (Å²) in [5.41, 5.74) is 0. The van der Waals surface area contributed by atoms with Crippen LogP contribution in [-0.2, 0) is 26.1 Å². The van der Waals surface area contributed by atoms with Gasteiger partial charge in [-0.05, 0) is 0 Å². The van der Waals surface area contributed by atoms with Gasteiger partial charge < -0.3 is 26.1 Å². The van der Waals surface area contributed by atoms with Crippen LogP contribution in [0.3, 0.4) is 0 Å². The van der Waals surface area contributed by atoms with Crippen LogP contribution in [0.1, 0.15) is 27.7 Å². The predicted octanol–water partition coefficient (Wildman–Crippen LogP) is -7.29. The van der Waals surface area contributed by atoms with Gasteiger partial charge in [0.2, 0.25) is 0 Å². The van der Waals surface area contributed by atoms with Crippen LogP contribution in [0.5, 0.6) is 0 Å². The van der Waals surface area contributed by atoms with Crippen LogP contribution in [0.4, 0.5) is 0 Å². The molecule has 0 N–H and O–H groups in total. The number of hydrogen-bond acceptors (Lipinski definition) is 2. The molecular weight excluding hydrogens is 381 g/mol. The minimum atomic E-state index is 0. The average Bonchev–Trinajstić information content (AvgIpc) is 1.41. The van der Waals surface area contributed by atoms with Crippen LogP contribution in [0.25, 0.3) is 0 Å². The van der Waals surface area contributed by atoms with Crippen LogP contribution in [-0.4, -0.2) is 5.25 Å². The SMILES string of the molecule is CC.CC(C)[S-].[Rb+].[Rb+].[Rb+].[SH-]. The van der Waals surface area contributed by atoms with E-state index in [0.717, 1.165) is 0 Å². The number of rotatable bonds is 0. The molecule has 0 saturated carbocycles. The molecule has 0 rings (SSSR count). The Morgan fingerprint density at radius 3 is 0.900 bits per heavy atom. The van der Waals surface area contributed by atoms with Crippen molar-refractivity contribution >= 4 is 26.1 Å². The van der Waals surface area contributed by atoms with E-state index in [2.05, 4.69) is 12.6 Å². The summed E-state index contributed by atoms with van der Waals surface area (Å²) in [5, 5.41) is 0.417. The average molecular weight is 395 g/mol. The molecule has 0 aromatic rings. The molecule has 0 aromatic heterocycles. The standard InChI is InChI=1S/C3H8S.C2H6.3Rb.H2S/c1-3(2)4;1-2;;;;/h3-4H,1-2H3;1-2H3;;;;1H2/q;;3*+1;/p-2. The zero-order valence-electron chi connectivity index (χ0n) is 8.43. The number of hydrogen-bond donors (Lipinski definition) is 0. The Balaban J connectivity index is -0.00000000625. The van der Waals surface area contributed by atoms with Gasteiger partial charge in [0.05, 0.1) is 0 Å². The zero-order chi connectivity index (χ0) is 5.58. The van der Waals surface area contributed by atoms with E-state index in [1.807, 2.05) is 27.7 Å². The Bertz CT molecular complexity index is 19.6. The maximum absolute atomic E-state index is 4.62. The summed E-state index contributed by atoms with van der Waals surface area (Å²) in [7, 11) is 0. The minimum absolute atomic E-state index is 0. The third-order valence-electron chi connectivity index (χ3n) is 0. The van der Waals surface area contributed by atoms with Crippen LogP contribution in [0.15, 0.2) is 0 Å². The van der Waals surface area contributed by atoms with E-state index in [1.165, 1.54) is 0 Å². The predicted molar refractivity (Wildman–Crippen MR) is 42.6 cm³/mol. The molecule has 0 unspecified atom stereocenters. The summed E-state index contributed by atoms with van der Waals surface area (Å²) < 4.78 is 0. The van der Waals surface area contributed by atoms with E-state index < -0.39 is 0 Å². The van der Waals surface area contributed by atoms with Gasteiger partial charge in [0.1, 0.15) is 0 Å². The van der Waals surface area contributed by atoms with Gasteiger partial charge >= 0.3 is 175 Å². The fourth-order valence-electron chi connectivity index (χ4n) is 0. The molecule has 0 radical (unpaired) electrons. The molecular formula is C5H14Rb3S2+. The van der Waals surface area contributed by atoms with Crippen LogP contribution in [0, 0.1) is 0 Å². The topological polar surface area (TPSA) is 0 Å². The maximum atomic E-state index is 4.62. The summed E-state index contributed by atoms with van der Waals surface area (Å²) in [6.07, 6.45) is 0. The van der Waals surface area contributed by atoms with Crippen LogP contribution < -0.4 is 175 Å². The molecule has 10 heavy (non-hydrogen) atoms. The first-order valence-electron chi connectivity index (χ1n) is 2.39. The molecule has 0 heterocycles. The van der Waals surface area contributed by atoms with Crippen molar-refractivity contribution < 1.29 is 175 Å². The van der Waals surface area contributed by atoms with Crippen molar-refractivity contribution in [2.24, 2.45) is 0 Å². The van der Waals surface area contributed by atoms with Gasteiger partial charge in [-0.1, -0.05) is 27.7 Å². The molecule has 0 spiro atoms. The Morgan fingerprint density at radius 1 is 0.900 bits per heavy atom. The summed E-state index contributed by atoms with van der Waals surface area (Å²) in [6, 6.07) is 0. The molecule has 0 atom stereocenters. The van der Waals surface area contributed by atoms with Crippen molar-refractivity contribution in [3.63, 3.8) is 0 Å². The minimum Gasteiger partial charge on any atom is -0.813 e. The first-order valence-corrected chi connectivity index (χ1v) is 2.86. The fourth-order valence-corrected chi connectivity index (χ4v) is 0. The van der Waals surface area contributed by atoms with Crippen LogP contribution in [0.2, 0.25) is 0 Å². The third-order valence-corrected chi connectivity index (χ3v) is 0. The smallest absolute Gasteiger partial charge is 0.813 e. The summed E-state index contributed by atoms with van der Waals surface area (Å²) in [4.78, 5) is 0. The van der Waals surface area contributed by atoms with Crippen molar-refractivity contribution in [1.82, 2.24) is 0 Å². The van der Waals surface area contributed by atoms with Gasteiger partial charge in [-0.3, -0.25) is 0 Å². The monoisotopic (exact) mass is 393 g/mol. The summed E-state index contributed by atoms with van der Waals surface area (Å²) in [6.45, 7) is 7.96. The van der Waals surface area contributed by atoms with E-state index in [0.29, 0.717) is 5.25 Å². The van der Waals surface area contributed by atoms with Crippen molar-refractivity contribution in [2.45, 2.75) is 32.9 Å². The van der Waals surface area contributed by atoms with Gasteiger partial charge in [-0.25, -0.2) is 0 Å². The molecule has 5 heteroatoms. The summed E-state index contributed by atoms with van der Waals surface area (Å²) >= 11 is 4.62. The quantitative estimate of drug-likeness (QED) is 0.296. The molecule has 0 aliphatic rings. The van der Waals surface area contributed by atoms with Gasteiger partial charge in [0.15, 0.2) is 0 Å². The number of thiol groups is 1. The molecule has 0 aromatic carbocycles. The van der Waals surface area contributed by atoms with Gasteiger partial charge in [0.25, 0.3) is 0 Å². The Hall–Kier alpha value is 6.12. The second kappa shape index (κ2) is 36.2. The van der Waals surface area contributed by atoms with Gasteiger partial charge in [0, 0.05) is 0 Å². The molecule has 0 bridgehead atoms. The largest absolute Gasteiger partial charge is 1.00 e. The molecule has 0 aliphatic heterocycles. The van der Waals surface area contributed by atoms with Gasteiger partial charge in [-0.15, -0.1) is 0 Å². The maximum Gasteiger partial charge on any atom is 1.00 e. The Morgan fingerprint density at radius 2 is 0.900 bits per heavy atom. The van der Waals surface area contributed by atoms with E-state index in [-0.39, 0.29) is 188 Å². The third kappa shape index (κ3) is 64.9. The first kappa shape index (κ1) is 36.0. The van der Waals surface area contributed by atoms with Crippen LogP contribution >= 0.6 is 0 Å². The fraction of sp³-hybridized carbons (Fsp3) is 1.00. The first-order chi connectivity index (χ1) is 2.73. The van der Waals surface area contributed by atoms with E-state index in [4.69, 9.17) is 0 Å². The second-order valence-corrected chi connectivity index (χ2v) is 1.99. The van der Waals surface area contributed by atoms with E-state index in [9.17, 15) is 0 Å². The van der Waals surface area contributed by atoms with Crippen molar-refractivity contribution in [2.75, 3.05) is 0 Å².